The number of hydrogen-bond acceptors (Lipinski definition) is 5. The van der Waals surface area contributed by atoms with Gasteiger partial charge in [0.05, 0.1) is 18.1 Å². The van der Waals surface area contributed by atoms with E-state index in [9.17, 15) is 19.8 Å². The van der Waals surface area contributed by atoms with E-state index in [4.69, 9.17) is 16.3 Å². The number of ether oxygens (including phenoxy) is 1. The summed E-state index contributed by atoms with van der Waals surface area (Å²) in [6.45, 7) is 5.43. The summed E-state index contributed by atoms with van der Waals surface area (Å²) in [7, 11) is 0. The second-order valence-electron chi connectivity index (χ2n) is 6.74. The number of carbonyl (C=O) groups is 2. The standard InChI is InChI=1S/C16H26ClNO5/c1-4-9(8-10(19)5-2)12(20)16-14(22)23-15(16,3)11(6-7-17)13(21)18-16/h9-12,19-20H,4-8H2,1-3H3,(H,18,21)/t9-,10?,11-,12-,15-,16-/m0/s1. The largest absolute Gasteiger partial charge is 0.453 e. The van der Waals surface area contributed by atoms with Gasteiger partial charge in [0.25, 0.3) is 0 Å². The van der Waals surface area contributed by atoms with Gasteiger partial charge in [0.2, 0.25) is 11.4 Å². The molecule has 6 nitrogen and oxygen atoms in total. The minimum Gasteiger partial charge on any atom is -0.453 e. The summed E-state index contributed by atoms with van der Waals surface area (Å²) in [6, 6.07) is 0. The molecule has 0 spiro atoms. The molecule has 2 fully saturated rings. The molecule has 3 N–H and O–H groups in total. The first-order valence-corrected chi connectivity index (χ1v) is 8.79. The van der Waals surface area contributed by atoms with Gasteiger partial charge in [-0.2, -0.15) is 0 Å². The lowest BCUT2D eigenvalue weighted by molar-refractivity contribution is -0.240. The maximum absolute atomic E-state index is 12.3. The molecule has 6 atom stereocenters. The van der Waals surface area contributed by atoms with Gasteiger partial charge in [0, 0.05) is 5.88 Å². The second kappa shape index (κ2) is 6.57. The van der Waals surface area contributed by atoms with Crippen molar-refractivity contribution in [3.05, 3.63) is 0 Å². The molecule has 0 saturated carbocycles. The van der Waals surface area contributed by atoms with Gasteiger partial charge in [0.1, 0.15) is 0 Å². The normalized spacial score (nSPS) is 36.5. The number of aliphatic hydroxyl groups is 2. The Labute approximate surface area is 141 Å². The fourth-order valence-corrected chi connectivity index (χ4v) is 4.17. The number of fused-ring (bicyclic) bond motifs is 1. The highest BCUT2D eigenvalue weighted by atomic mass is 35.5. The molecule has 1 unspecified atom stereocenters. The van der Waals surface area contributed by atoms with Crippen molar-refractivity contribution in [3.8, 4) is 0 Å². The molecule has 2 aliphatic rings. The Hall–Kier alpha value is -0.850. The fourth-order valence-electron chi connectivity index (χ4n) is 3.96. The third-order valence-corrected chi connectivity index (χ3v) is 5.79. The van der Waals surface area contributed by atoms with Crippen molar-refractivity contribution in [3.63, 3.8) is 0 Å². The van der Waals surface area contributed by atoms with E-state index in [1.807, 2.05) is 13.8 Å². The van der Waals surface area contributed by atoms with E-state index >= 15 is 0 Å². The molecule has 0 aromatic heterocycles. The molecule has 23 heavy (non-hydrogen) atoms. The lowest BCUT2D eigenvalue weighted by Gasteiger charge is -2.54. The van der Waals surface area contributed by atoms with Crippen molar-refractivity contribution in [1.29, 1.82) is 0 Å². The number of hydrogen-bond donors (Lipinski definition) is 3. The summed E-state index contributed by atoms with van der Waals surface area (Å²) in [5, 5.41) is 23.5. The molecule has 7 heteroatoms. The first-order valence-electron chi connectivity index (χ1n) is 8.25. The van der Waals surface area contributed by atoms with E-state index < -0.39 is 35.2 Å². The molecule has 2 rings (SSSR count). The number of amides is 1. The number of halogens is 1. The summed E-state index contributed by atoms with van der Waals surface area (Å²) >= 11 is 5.77. The highest BCUT2D eigenvalue weighted by molar-refractivity contribution is 6.18. The van der Waals surface area contributed by atoms with Crippen LogP contribution in [0.1, 0.15) is 46.5 Å². The van der Waals surface area contributed by atoms with Gasteiger partial charge in [-0.05, 0) is 32.1 Å². The van der Waals surface area contributed by atoms with Gasteiger partial charge >= 0.3 is 5.97 Å². The summed E-state index contributed by atoms with van der Waals surface area (Å²) in [6.07, 6.45) is 0.238. The van der Waals surface area contributed by atoms with Crippen LogP contribution >= 0.6 is 11.6 Å². The molecule has 1 amide bonds. The first-order chi connectivity index (χ1) is 10.8. The lowest BCUT2D eigenvalue weighted by Crippen LogP contribution is -2.80. The maximum Gasteiger partial charge on any atom is 0.339 e. The van der Waals surface area contributed by atoms with Crippen LogP contribution in [0.15, 0.2) is 0 Å². The third kappa shape index (κ3) is 2.55. The minimum atomic E-state index is -1.44. The van der Waals surface area contributed by atoms with E-state index in [-0.39, 0.29) is 17.7 Å². The van der Waals surface area contributed by atoms with E-state index in [1.54, 1.807) is 6.92 Å². The van der Waals surface area contributed by atoms with Crippen molar-refractivity contribution in [1.82, 2.24) is 5.32 Å². The van der Waals surface area contributed by atoms with Crippen LogP contribution in [0.3, 0.4) is 0 Å². The van der Waals surface area contributed by atoms with Crippen LogP contribution in [-0.2, 0) is 14.3 Å². The summed E-state index contributed by atoms with van der Waals surface area (Å²) in [5.41, 5.74) is -2.53. The molecular formula is C16H26ClNO5. The lowest BCUT2D eigenvalue weighted by atomic mass is 9.64. The van der Waals surface area contributed by atoms with E-state index in [1.165, 1.54) is 0 Å². The van der Waals surface area contributed by atoms with Crippen molar-refractivity contribution >= 4 is 23.5 Å². The van der Waals surface area contributed by atoms with Gasteiger partial charge in [-0.1, -0.05) is 20.3 Å². The molecule has 0 radical (unpaired) electrons. The average Bonchev–Trinajstić information content (AvgIpc) is 2.69. The van der Waals surface area contributed by atoms with Crippen LogP contribution in [-0.4, -0.2) is 51.3 Å². The van der Waals surface area contributed by atoms with Crippen LogP contribution < -0.4 is 5.32 Å². The highest BCUT2D eigenvalue weighted by Gasteiger charge is 2.79. The summed E-state index contributed by atoms with van der Waals surface area (Å²) < 4.78 is 5.33. The summed E-state index contributed by atoms with van der Waals surface area (Å²) in [4.78, 5) is 24.6. The minimum absolute atomic E-state index is 0.267. The molecule has 2 heterocycles. The molecule has 2 aliphatic heterocycles. The van der Waals surface area contributed by atoms with Crippen LogP contribution in [0.4, 0.5) is 0 Å². The number of alkyl halides is 1. The van der Waals surface area contributed by atoms with Gasteiger partial charge in [0.15, 0.2) is 5.60 Å². The van der Waals surface area contributed by atoms with Crippen molar-refractivity contribution in [2.45, 2.75) is 69.8 Å². The fraction of sp³-hybridized carbons (Fsp3) is 0.875. The number of esters is 1. The number of rotatable bonds is 8. The molecular weight excluding hydrogens is 322 g/mol. The highest BCUT2D eigenvalue weighted by Crippen LogP contribution is 2.53. The Morgan fingerprint density at radius 2 is 1.96 bits per heavy atom. The second-order valence-corrected chi connectivity index (χ2v) is 7.11. The number of carbonyl (C=O) groups excluding carboxylic acids is 2. The Kier molecular flexibility index (Phi) is 5.28. The van der Waals surface area contributed by atoms with E-state index in [0.717, 1.165) is 0 Å². The van der Waals surface area contributed by atoms with E-state index in [0.29, 0.717) is 25.7 Å². The number of nitrogens with one attached hydrogen (secondary N) is 1. The topological polar surface area (TPSA) is 95.9 Å². The molecule has 0 aromatic rings. The zero-order chi connectivity index (χ0) is 17.4. The molecule has 2 saturated heterocycles. The number of aliphatic hydroxyl groups excluding tert-OH is 2. The zero-order valence-corrected chi connectivity index (χ0v) is 14.6. The van der Waals surface area contributed by atoms with Crippen LogP contribution in [0.25, 0.3) is 0 Å². The molecule has 0 aliphatic carbocycles. The van der Waals surface area contributed by atoms with Crippen LogP contribution in [0.5, 0.6) is 0 Å². The van der Waals surface area contributed by atoms with Crippen molar-refractivity contribution in [2.24, 2.45) is 11.8 Å². The first kappa shape index (κ1) is 18.5. The average molecular weight is 348 g/mol. The monoisotopic (exact) mass is 347 g/mol. The molecule has 0 aromatic carbocycles. The molecule has 132 valence electrons. The Morgan fingerprint density at radius 1 is 1.30 bits per heavy atom. The SMILES string of the molecule is CCC(O)C[C@H](CC)[C@H](O)[C@@]12NC(=O)[C@H](CCCl)[C@]1(C)OC2=O. The molecule has 0 bridgehead atoms. The Morgan fingerprint density at radius 3 is 2.43 bits per heavy atom. The quantitative estimate of drug-likeness (QED) is 0.449. The zero-order valence-electron chi connectivity index (χ0n) is 13.8. The summed E-state index contributed by atoms with van der Waals surface area (Å²) in [5.74, 6) is -1.54. The van der Waals surface area contributed by atoms with Gasteiger partial charge in [-0.25, -0.2) is 4.79 Å². The van der Waals surface area contributed by atoms with Gasteiger partial charge in [-0.3, -0.25) is 4.79 Å². The van der Waals surface area contributed by atoms with Crippen LogP contribution in [0.2, 0.25) is 0 Å². The van der Waals surface area contributed by atoms with Crippen LogP contribution in [0, 0.1) is 11.8 Å². The van der Waals surface area contributed by atoms with E-state index in [2.05, 4.69) is 5.32 Å². The van der Waals surface area contributed by atoms with Crippen molar-refractivity contribution in [2.75, 3.05) is 5.88 Å². The van der Waals surface area contributed by atoms with Crippen molar-refractivity contribution < 1.29 is 24.5 Å². The Bertz CT molecular complexity index is 487. The maximum atomic E-state index is 12.3. The smallest absolute Gasteiger partial charge is 0.339 e. The Balaban J connectivity index is 2.31. The predicted octanol–water partition coefficient (Wildman–Crippen LogP) is 0.964. The predicted molar refractivity (Wildman–Crippen MR) is 84.9 cm³/mol. The third-order valence-electron chi connectivity index (χ3n) is 5.57. The van der Waals surface area contributed by atoms with Gasteiger partial charge < -0.3 is 20.3 Å². The van der Waals surface area contributed by atoms with Gasteiger partial charge in [-0.15, -0.1) is 11.6 Å².